The van der Waals surface area contributed by atoms with Crippen LogP contribution in [-0.2, 0) is 9.47 Å². The number of ether oxygens (including phenoxy) is 2. The lowest BCUT2D eigenvalue weighted by Crippen LogP contribution is -2.56. The van der Waals surface area contributed by atoms with Crippen LogP contribution >= 0.6 is 0 Å². The Labute approximate surface area is 141 Å². The number of likely N-dealkylation sites (tertiary alicyclic amines) is 1. The zero-order chi connectivity index (χ0) is 17.3. The summed E-state index contributed by atoms with van der Waals surface area (Å²) in [5.74, 6) is 0.510. The van der Waals surface area contributed by atoms with Gasteiger partial charge in [0.2, 0.25) is 0 Å². The first-order chi connectivity index (χ1) is 10.6. The first kappa shape index (κ1) is 18.5. The Morgan fingerprint density at radius 2 is 2.00 bits per heavy atom. The van der Waals surface area contributed by atoms with E-state index < -0.39 is 5.60 Å². The molecule has 0 aromatic carbocycles. The van der Waals surface area contributed by atoms with Gasteiger partial charge < -0.3 is 14.4 Å². The molecule has 1 amide bonds. The van der Waals surface area contributed by atoms with Crippen LogP contribution < -0.4 is 0 Å². The third-order valence-electron chi connectivity index (χ3n) is 4.90. The van der Waals surface area contributed by atoms with Crippen LogP contribution in [-0.4, -0.2) is 65.9 Å². The standard InChI is InChI=1S/C18H34N2O3/c1-14-7-8-15(11-19-9-10-22-13-18(19,5)6)12-20(14)16(21)23-17(2,3)4/h14-15H,7-13H2,1-6H3/t14-,15+/m1/s1. The minimum Gasteiger partial charge on any atom is -0.444 e. The third-order valence-corrected chi connectivity index (χ3v) is 4.90. The minimum atomic E-state index is -0.435. The highest BCUT2D eigenvalue weighted by molar-refractivity contribution is 5.68. The molecule has 0 unspecified atom stereocenters. The molecule has 0 saturated carbocycles. The molecule has 0 aromatic heterocycles. The van der Waals surface area contributed by atoms with Crippen LogP contribution in [0.5, 0.6) is 0 Å². The summed E-state index contributed by atoms with van der Waals surface area (Å²) in [4.78, 5) is 16.9. The van der Waals surface area contributed by atoms with Gasteiger partial charge in [0, 0.05) is 31.2 Å². The average molecular weight is 326 g/mol. The molecule has 2 aliphatic rings. The summed E-state index contributed by atoms with van der Waals surface area (Å²) < 4.78 is 11.2. The van der Waals surface area contributed by atoms with Crippen LogP contribution in [0, 0.1) is 5.92 Å². The molecule has 23 heavy (non-hydrogen) atoms. The topological polar surface area (TPSA) is 42.0 Å². The summed E-state index contributed by atoms with van der Waals surface area (Å²) in [6.45, 7) is 16.8. The zero-order valence-electron chi connectivity index (χ0n) is 15.7. The average Bonchev–Trinajstić information content (AvgIpc) is 2.41. The molecule has 134 valence electrons. The summed E-state index contributed by atoms with van der Waals surface area (Å²) in [7, 11) is 0. The van der Waals surface area contributed by atoms with E-state index in [4.69, 9.17) is 9.47 Å². The maximum atomic E-state index is 12.5. The Balaban J connectivity index is 1.95. The van der Waals surface area contributed by atoms with Crippen molar-refractivity contribution in [2.75, 3.05) is 32.8 Å². The van der Waals surface area contributed by atoms with Gasteiger partial charge in [0.25, 0.3) is 0 Å². The second-order valence-electron chi connectivity index (χ2n) is 8.74. The molecule has 0 aliphatic carbocycles. The molecule has 0 aromatic rings. The van der Waals surface area contributed by atoms with Gasteiger partial charge in [-0.25, -0.2) is 4.79 Å². The molecule has 5 heteroatoms. The van der Waals surface area contributed by atoms with E-state index >= 15 is 0 Å². The fraction of sp³-hybridized carbons (Fsp3) is 0.944. The second kappa shape index (κ2) is 6.98. The Morgan fingerprint density at radius 1 is 1.30 bits per heavy atom. The van der Waals surface area contributed by atoms with E-state index in [1.165, 1.54) is 6.42 Å². The number of amides is 1. The number of nitrogens with zero attached hydrogens (tertiary/aromatic N) is 2. The SMILES string of the molecule is C[C@@H]1CC[C@@H](CN2CCOCC2(C)C)CN1C(=O)OC(C)(C)C. The van der Waals surface area contributed by atoms with Crippen molar-refractivity contribution in [3.8, 4) is 0 Å². The van der Waals surface area contributed by atoms with Gasteiger partial charge in [-0.05, 0) is 60.3 Å². The van der Waals surface area contributed by atoms with E-state index in [0.29, 0.717) is 5.92 Å². The van der Waals surface area contributed by atoms with Gasteiger partial charge in [0.15, 0.2) is 0 Å². The maximum absolute atomic E-state index is 12.5. The monoisotopic (exact) mass is 326 g/mol. The van der Waals surface area contributed by atoms with Crippen molar-refractivity contribution in [1.82, 2.24) is 9.80 Å². The number of rotatable bonds is 2. The molecule has 0 bridgehead atoms. The molecule has 2 rings (SSSR count). The van der Waals surface area contributed by atoms with Crippen molar-refractivity contribution in [2.24, 2.45) is 5.92 Å². The fourth-order valence-electron chi connectivity index (χ4n) is 3.45. The Hall–Kier alpha value is -0.810. The summed E-state index contributed by atoms with van der Waals surface area (Å²) in [5.41, 5.74) is -0.353. The lowest BCUT2D eigenvalue weighted by atomic mass is 9.91. The lowest BCUT2D eigenvalue weighted by Gasteiger charge is -2.46. The van der Waals surface area contributed by atoms with Crippen molar-refractivity contribution < 1.29 is 14.3 Å². The van der Waals surface area contributed by atoms with Gasteiger partial charge in [-0.1, -0.05) is 0 Å². The molecule has 0 N–H and O–H groups in total. The number of hydrogen-bond acceptors (Lipinski definition) is 4. The van der Waals surface area contributed by atoms with Crippen molar-refractivity contribution in [2.45, 2.75) is 71.6 Å². The predicted octanol–water partition coefficient (Wildman–Crippen LogP) is 3.13. The summed E-state index contributed by atoms with van der Waals surface area (Å²) in [6, 6.07) is 0.263. The molecule has 2 aliphatic heterocycles. The Morgan fingerprint density at radius 3 is 2.61 bits per heavy atom. The lowest BCUT2D eigenvalue weighted by molar-refractivity contribution is -0.0634. The highest BCUT2D eigenvalue weighted by Crippen LogP contribution is 2.27. The second-order valence-corrected chi connectivity index (χ2v) is 8.74. The molecule has 2 fully saturated rings. The summed E-state index contributed by atoms with van der Waals surface area (Å²) in [5, 5.41) is 0. The number of carbonyl (C=O) groups excluding carboxylic acids is 1. The number of carbonyl (C=O) groups is 1. The number of morpholine rings is 1. The van der Waals surface area contributed by atoms with E-state index in [-0.39, 0.29) is 17.7 Å². The predicted molar refractivity (Wildman–Crippen MR) is 91.6 cm³/mol. The van der Waals surface area contributed by atoms with Crippen molar-refractivity contribution in [1.29, 1.82) is 0 Å². The zero-order valence-corrected chi connectivity index (χ0v) is 15.7. The smallest absolute Gasteiger partial charge is 0.410 e. The van der Waals surface area contributed by atoms with Gasteiger partial charge in [0.05, 0.1) is 13.2 Å². The highest BCUT2D eigenvalue weighted by Gasteiger charge is 2.36. The van der Waals surface area contributed by atoms with Crippen LogP contribution in [0.2, 0.25) is 0 Å². The number of piperidine rings is 1. The van der Waals surface area contributed by atoms with Crippen LogP contribution in [0.4, 0.5) is 4.79 Å². The molecular weight excluding hydrogens is 292 g/mol. The molecule has 2 atom stereocenters. The van der Waals surface area contributed by atoms with E-state index in [1.54, 1.807) is 0 Å². The van der Waals surface area contributed by atoms with Gasteiger partial charge in [-0.15, -0.1) is 0 Å². The van der Waals surface area contributed by atoms with Gasteiger partial charge >= 0.3 is 6.09 Å². The Kier molecular flexibility index (Phi) is 5.62. The fourth-order valence-corrected chi connectivity index (χ4v) is 3.45. The van der Waals surface area contributed by atoms with Crippen molar-refractivity contribution >= 4 is 6.09 Å². The van der Waals surface area contributed by atoms with Gasteiger partial charge in [0.1, 0.15) is 5.60 Å². The molecule has 0 spiro atoms. The van der Waals surface area contributed by atoms with E-state index in [0.717, 1.165) is 39.3 Å². The van der Waals surface area contributed by atoms with Crippen LogP contribution in [0.1, 0.15) is 54.4 Å². The van der Waals surface area contributed by atoms with Crippen LogP contribution in [0.15, 0.2) is 0 Å². The van der Waals surface area contributed by atoms with E-state index in [9.17, 15) is 4.79 Å². The van der Waals surface area contributed by atoms with Crippen molar-refractivity contribution in [3.63, 3.8) is 0 Å². The summed E-state index contributed by atoms with van der Waals surface area (Å²) in [6.07, 6.45) is 2.05. The van der Waals surface area contributed by atoms with Crippen LogP contribution in [0.3, 0.4) is 0 Å². The van der Waals surface area contributed by atoms with E-state index in [2.05, 4.69) is 25.7 Å². The van der Waals surface area contributed by atoms with Crippen molar-refractivity contribution in [3.05, 3.63) is 0 Å². The third kappa shape index (κ3) is 5.08. The molecule has 5 nitrogen and oxygen atoms in total. The number of hydrogen-bond donors (Lipinski definition) is 0. The summed E-state index contributed by atoms with van der Waals surface area (Å²) >= 11 is 0. The van der Waals surface area contributed by atoms with Gasteiger partial charge in [-0.3, -0.25) is 4.90 Å². The molecule has 2 heterocycles. The highest BCUT2D eigenvalue weighted by atomic mass is 16.6. The van der Waals surface area contributed by atoms with Crippen LogP contribution in [0.25, 0.3) is 0 Å². The van der Waals surface area contributed by atoms with E-state index in [1.807, 2.05) is 25.7 Å². The quantitative estimate of drug-likeness (QED) is 0.782. The minimum absolute atomic E-state index is 0.0814. The first-order valence-corrected chi connectivity index (χ1v) is 8.91. The largest absolute Gasteiger partial charge is 0.444 e. The molecular formula is C18H34N2O3. The Bertz CT molecular complexity index is 417. The normalized spacial score (nSPS) is 29.4. The first-order valence-electron chi connectivity index (χ1n) is 8.91. The molecule has 2 saturated heterocycles. The molecule has 0 radical (unpaired) electrons. The maximum Gasteiger partial charge on any atom is 0.410 e. The van der Waals surface area contributed by atoms with Gasteiger partial charge in [-0.2, -0.15) is 0 Å².